The molecule has 0 saturated carbocycles. The zero-order valence-corrected chi connectivity index (χ0v) is 24.1. The monoisotopic (exact) mass is 569 g/mol. The first-order chi connectivity index (χ1) is 19.8. The van der Waals surface area contributed by atoms with Gasteiger partial charge in [-0.1, -0.05) is 31.0 Å². The van der Waals surface area contributed by atoms with Crippen LogP contribution >= 0.6 is 0 Å². The van der Waals surface area contributed by atoms with E-state index in [1.165, 1.54) is 35.4 Å². The van der Waals surface area contributed by atoms with Gasteiger partial charge in [0, 0.05) is 39.3 Å². The predicted molar refractivity (Wildman–Crippen MR) is 156 cm³/mol. The van der Waals surface area contributed by atoms with E-state index >= 15 is 0 Å². The van der Waals surface area contributed by atoms with Crippen LogP contribution in [-0.2, 0) is 34.3 Å². The molecule has 0 radical (unpaired) electrons. The minimum Gasteiger partial charge on any atom is -0.508 e. The lowest BCUT2D eigenvalue weighted by Gasteiger charge is -2.14. The van der Waals surface area contributed by atoms with Gasteiger partial charge in [0.2, 0.25) is 5.88 Å². The lowest BCUT2D eigenvalue weighted by atomic mass is 10.1. The smallest absolute Gasteiger partial charge is 0.335 e. The number of aryl methyl sites for hydroxylation is 1. The fourth-order valence-electron chi connectivity index (χ4n) is 4.47. The lowest BCUT2D eigenvalue weighted by molar-refractivity contribution is -0.142. The number of esters is 1. The number of unbranched alkanes of at least 4 members (excludes halogenated alkanes) is 4. The number of hydrogen-bond acceptors (Lipinski definition) is 8. The zero-order valence-electron chi connectivity index (χ0n) is 24.1. The molecule has 0 bridgehead atoms. The first-order valence-corrected chi connectivity index (χ1v) is 14.2. The van der Waals surface area contributed by atoms with Crippen molar-refractivity contribution < 1.29 is 29.6 Å². The highest BCUT2D eigenvalue weighted by Gasteiger charge is 2.12. The number of nitrogens with zero attached hydrogens (tertiary/aromatic N) is 2. The summed E-state index contributed by atoms with van der Waals surface area (Å²) in [4.78, 5) is 23.2. The summed E-state index contributed by atoms with van der Waals surface area (Å²) in [5, 5.41) is 33.4. The highest BCUT2D eigenvalue weighted by atomic mass is 16.5. The summed E-state index contributed by atoms with van der Waals surface area (Å²) in [6.07, 6.45) is 7.76. The SMILES string of the molecule is CC(=O)OCc1cc([C@@H](O)CNCCCCCCOCCCCc2cccc(-n3cc(O)n(C)c3=O)c2)ccc1O. The Morgan fingerprint density at radius 3 is 2.49 bits per heavy atom. The number of nitrogens with one attached hydrogen (secondary N) is 1. The molecule has 3 aromatic rings. The Kier molecular flexibility index (Phi) is 12.9. The lowest BCUT2D eigenvalue weighted by Crippen LogP contribution is -2.22. The fraction of sp³-hybridized carbons (Fsp3) is 0.484. The number of aliphatic hydroxyl groups excluding tert-OH is 1. The van der Waals surface area contributed by atoms with Crippen LogP contribution in [0, 0.1) is 0 Å². The summed E-state index contributed by atoms with van der Waals surface area (Å²) in [6, 6.07) is 12.6. The number of imidazole rings is 1. The molecule has 224 valence electrons. The van der Waals surface area contributed by atoms with E-state index in [0.717, 1.165) is 76.0 Å². The second-order valence-corrected chi connectivity index (χ2v) is 10.2. The van der Waals surface area contributed by atoms with Crippen molar-refractivity contribution in [2.24, 2.45) is 7.05 Å². The number of phenols is 1. The second-order valence-electron chi connectivity index (χ2n) is 10.2. The van der Waals surface area contributed by atoms with E-state index in [1.807, 2.05) is 24.3 Å². The third kappa shape index (κ3) is 10.4. The van der Waals surface area contributed by atoms with Crippen LogP contribution in [0.5, 0.6) is 11.6 Å². The highest BCUT2D eigenvalue weighted by Crippen LogP contribution is 2.23. The molecule has 1 atom stereocenters. The average molecular weight is 570 g/mol. The van der Waals surface area contributed by atoms with Gasteiger partial charge in [-0.25, -0.2) is 4.79 Å². The Morgan fingerprint density at radius 1 is 1.00 bits per heavy atom. The average Bonchev–Trinajstić information content (AvgIpc) is 3.22. The number of phenolic OH excluding ortho intramolecular Hbond substituents is 1. The summed E-state index contributed by atoms with van der Waals surface area (Å²) in [5.74, 6) is -0.455. The van der Waals surface area contributed by atoms with Gasteiger partial charge < -0.3 is 30.1 Å². The molecular weight excluding hydrogens is 526 g/mol. The summed E-state index contributed by atoms with van der Waals surface area (Å²) in [6.45, 7) is 3.96. The molecule has 1 aromatic heterocycles. The van der Waals surface area contributed by atoms with E-state index in [-0.39, 0.29) is 23.9 Å². The number of carbonyl (C=O) groups excluding carboxylic acids is 1. The molecule has 0 fully saturated rings. The number of ether oxygens (including phenoxy) is 2. The highest BCUT2D eigenvalue weighted by molar-refractivity contribution is 5.66. The first kappa shape index (κ1) is 31.9. The van der Waals surface area contributed by atoms with Crippen molar-refractivity contribution in [1.29, 1.82) is 0 Å². The van der Waals surface area contributed by atoms with Gasteiger partial charge >= 0.3 is 11.7 Å². The maximum Gasteiger partial charge on any atom is 0.335 e. The molecule has 2 aromatic carbocycles. The van der Waals surface area contributed by atoms with Crippen molar-refractivity contribution in [1.82, 2.24) is 14.5 Å². The molecule has 0 spiro atoms. The van der Waals surface area contributed by atoms with Crippen LogP contribution < -0.4 is 11.0 Å². The van der Waals surface area contributed by atoms with Crippen LogP contribution in [-0.4, -0.2) is 56.7 Å². The first-order valence-electron chi connectivity index (χ1n) is 14.2. The van der Waals surface area contributed by atoms with Crippen LogP contribution in [0.15, 0.2) is 53.5 Å². The van der Waals surface area contributed by atoms with E-state index in [1.54, 1.807) is 12.1 Å². The van der Waals surface area contributed by atoms with Crippen molar-refractivity contribution in [2.45, 2.75) is 64.6 Å². The van der Waals surface area contributed by atoms with E-state index in [2.05, 4.69) is 5.32 Å². The maximum absolute atomic E-state index is 12.2. The molecular formula is C31H43N3O7. The molecule has 10 nitrogen and oxygen atoms in total. The van der Waals surface area contributed by atoms with Crippen molar-refractivity contribution in [2.75, 3.05) is 26.3 Å². The number of aromatic nitrogens is 2. The minimum atomic E-state index is -0.716. The summed E-state index contributed by atoms with van der Waals surface area (Å²) >= 11 is 0. The number of carbonyl (C=O) groups is 1. The van der Waals surface area contributed by atoms with Gasteiger partial charge in [-0.3, -0.25) is 13.9 Å². The summed E-state index contributed by atoms with van der Waals surface area (Å²) in [7, 11) is 1.54. The van der Waals surface area contributed by atoms with Crippen LogP contribution in [0.3, 0.4) is 0 Å². The predicted octanol–water partition coefficient (Wildman–Crippen LogP) is 3.87. The van der Waals surface area contributed by atoms with E-state index in [9.17, 15) is 24.9 Å². The van der Waals surface area contributed by atoms with Gasteiger partial charge in [0.1, 0.15) is 12.4 Å². The van der Waals surface area contributed by atoms with Crippen LogP contribution in [0.25, 0.3) is 5.69 Å². The Labute approximate surface area is 241 Å². The molecule has 41 heavy (non-hydrogen) atoms. The van der Waals surface area contributed by atoms with Crippen molar-refractivity contribution in [3.8, 4) is 17.3 Å². The Hall–Kier alpha value is -3.60. The number of aromatic hydroxyl groups is 2. The van der Waals surface area contributed by atoms with E-state index < -0.39 is 12.1 Å². The molecule has 3 rings (SSSR count). The molecule has 0 amide bonds. The summed E-state index contributed by atoms with van der Waals surface area (Å²) in [5.41, 5.74) is 2.74. The van der Waals surface area contributed by atoms with Gasteiger partial charge in [0.05, 0.1) is 18.0 Å². The maximum atomic E-state index is 12.2. The van der Waals surface area contributed by atoms with E-state index in [4.69, 9.17) is 9.47 Å². The third-order valence-electron chi connectivity index (χ3n) is 6.92. The topological polar surface area (TPSA) is 135 Å². The van der Waals surface area contributed by atoms with Crippen LogP contribution in [0.4, 0.5) is 0 Å². The van der Waals surface area contributed by atoms with Crippen molar-refractivity contribution in [3.63, 3.8) is 0 Å². The Morgan fingerprint density at radius 2 is 1.76 bits per heavy atom. The van der Waals surface area contributed by atoms with Gasteiger partial charge in [-0.05, 0) is 74.0 Å². The normalized spacial score (nSPS) is 12.0. The standard InChI is InChI=1S/C31H43N3O7/c1-23(35)41-22-26-19-25(13-14-28(26)36)29(37)20-32-15-6-3-4-7-16-40-17-8-5-10-24-11-9-12-27(18-24)34-21-30(38)33(2)31(34)39/h9,11-14,18-19,21,29,32,36-38H,3-8,10,15-17,20,22H2,1-2H3/t29-/m0/s1. The van der Waals surface area contributed by atoms with Crippen LogP contribution in [0.2, 0.25) is 0 Å². The largest absolute Gasteiger partial charge is 0.508 e. The summed E-state index contributed by atoms with van der Waals surface area (Å²) < 4.78 is 13.4. The van der Waals surface area contributed by atoms with E-state index in [0.29, 0.717) is 17.7 Å². The Balaban J connectivity index is 1.19. The molecule has 0 aliphatic rings. The molecule has 0 unspecified atom stereocenters. The molecule has 10 heteroatoms. The second kappa shape index (κ2) is 16.6. The number of hydrogen-bond donors (Lipinski definition) is 4. The molecule has 0 aliphatic carbocycles. The number of aliphatic hydroxyl groups is 1. The van der Waals surface area contributed by atoms with Gasteiger partial charge in [-0.15, -0.1) is 0 Å². The molecule has 0 aliphatic heterocycles. The van der Waals surface area contributed by atoms with Crippen LogP contribution in [0.1, 0.15) is 68.2 Å². The van der Waals surface area contributed by atoms with Gasteiger partial charge in [-0.2, -0.15) is 0 Å². The fourth-order valence-corrected chi connectivity index (χ4v) is 4.47. The van der Waals surface area contributed by atoms with Crippen molar-refractivity contribution >= 4 is 5.97 Å². The quantitative estimate of drug-likeness (QED) is 0.134. The van der Waals surface area contributed by atoms with Gasteiger partial charge in [0.15, 0.2) is 0 Å². The number of rotatable bonds is 18. The Bertz CT molecular complexity index is 1300. The van der Waals surface area contributed by atoms with Gasteiger partial charge in [0.25, 0.3) is 0 Å². The molecule has 4 N–H and O–H groups in total. The van der Waals surface area contributed by atoms with Crippen molar-refractivity contribution in [3.05, 3.63) is 75.8 Å². The third-order valence-corrected chi connectivity index (χ3v) is 6.92. The molecule has 0 saturated heterocycles. The minimum absolute atomic E-state index is 0.0276. The molecule has 1 heterocycles. The zero-order chi connectivity index (χ0) is 29.6. The number of benzene rings is 2.